The highest BCUT2D eigenvalue weighted by Gasteiger charge is 2.18. The van der Waals surface area contributed by atoms with Crippen molar-refractivity contribution in [1.29, 1.82) is 0 Å². The van der Waals surface area contributed by atoms with Crippen LogP contribution in [-0.2, 0) is 11.8 Å². The van der Waals surface area contributed by atoms with Crippen LogP contribution in [0.5, 0.6) is 0 Å². The molecule has 0 bridgehead atoms. The highest BCUT2D eigenvalue weighted by Crippen LogP contribution is 2.28. The number of hydrogen-bond acceptors (Lipinski definition) is 9. The molecule has 0 saturated carbocycles. The monoisotopic (exact) mass is 445 g/mol. The first-order valence-corrected chi connectivity index (χ1v) is 10.5. The average Bonchev–Trinajstić information content (AvgIpc) is 3.20. The van der Waals surface area contributed by atoms with Crippen LogP contribution in [0.2, 0.25) is 0 Å². The van der Waals surface area contributed by atoms with Gasteiger partial charge in [0.15, 0.2) is 11.5 Å². The number of imidazole rings is 1. The molecular formula is C22H23N9O2. The van der Waals surface area contributed by atoms with Gasteiger partial charge in [0.05, 0.1) is 55.0 Å². The van der Waals surface area contributed by atoms with Gasteiger partial charge in [0, 0.05) is 31.9 Å². The van der Waals surface area contributed by atoms with E-state index in [4.69, 9.17) is 10.5 Å². The molecule has 5 rings (SSSR count). The van der Waals surface area contributed by atoms with Crippen molar-refractivity contribution in [3.8, 4) is 11.3 Å². The predicted molar refractivity (Wildman–Crippen MR) is 123 cm³/mol. The Bertz CT molecular complexity index is 1350. The van der Waals surface area contributed by atoms with E-state index in [0.29, 0.717) is 30.2 Å². The third-order valence-electron chi connectivity index (χ3n) is 5.54. The first kappa shape index (κ1) is 20.8. The van der Waals surface area contributed by atoms with Crippen LogP contribution in [-0.4, -0.2) is 61.7 Å². The summed E-state index contributed by atoms with van der Waals surface area (Å²) in [7, 11) is 1.89. The molecule has 5 heterocycles. The van der Waals surface area contributed by atoms with Gasteiger partial charge >= 0.3 is 0 Å². The van der Waals surface area contributed by atoms with Crippen molar-refractivity contribution >= 4 is 34.3 Å². The molecule has 168 valence electrons. The lowest BCUT2D eigenvalue weighted by Crippen LogP contribution is -2.37. The van der Waals surface area contributed by atoms with Crippen molar-refractivity contribution in [3.05, 3.63) is 48.4 Å². The number of anilines is 3. The van der Waals surface area contributed by atoms with Crippen LogP contribution in [0, 0.1) is 6.92 Å². The number of morpholine rings is 1. The third-order valence-corrected chi connectivity index (χ3v) is 5.54. The van der Waals surface area contributed by atoms with Gasteiger partial charge in [-0.3, -0.25) is 9.78 Å². The van der Waals surface area contributed by atoms with Crippen molar-refractivity contribution in [3.63, 3.8) is 0 Å². The predicted octanol–water partition coefficient (Wildman–Crippen LogP) is 1.81. The molecule has 0 radical (unpaired) electrons. The van der Waals surface area contributed by atoms with E-state index in [2.05, 4.69) is 35.1 Å². The molecule has 3 N–H and O–H groups in total. The lowest BCUT2D eigenvalue weighted by Gasteiger charge is -2.29. The van der Waals surface area contributed by atoms with Crippen molar-refractivity contribution in [2.75, 3.05) is 36.5 Å². The van der Waals surface area contributed by atoms with E-state index in [1.54, 1.807) is 24.9 Å². The van der Waals surface area contributed by atoms with Gasteiger partial charge in [-0.05, 0) is 18.6 Å². The van der Waals surface area contributed by atoms with E-state index in [1.807, 2.05) is 24.6 Å². The fourth-order valence-electron chi connectivity index (χ4n) is 3.90. The molecule has 1 fully saturated rings. The topological polar surface area (TPSA) is 137 Å². The second-order valence-electron chi connectivity index (χ2n) is 7.82. The van der Waals surface area contributed by atoms with Crippen molar-refractivity contribution in [1.82, 2.24) is 29.5 Å². The van der Waals surface area contributed by atoms with Gasteiger partial charge in [-0.2, -0.15) is 0 Å². The van der Waals surface area contributed by atoms with E-state index in [1.165, 1.54) is 6.20 Å². The summed E-state index contributed by atoms with van der Waals surface area (Å²) in [5.41, 5.74) is 10.1. The number of aryl methyl sites for hydroxylation is 2. The van der Waals surface area contributed by atoms with Gasteiger partial charge in [-0.1, -0.05) is 0 Å². The number of ether oxygens (including phenoxy) is 1. The highest BCUT2D eigenvalue weighted by atomic mass is 16.5. The maximum Gasteiger partial charge on any atom is 0.271 e. The van der Waals surface area contributed by atoms with Crippen LogP contribution in [0.25, 0.3) is 22.3 Å². The summed E-state index contributed by atoms with van der Waals surface area (Å²) in [4.78, 5) is 36.5. The minimum Gasteiger partial charge on any atom is -0.378 e. The van der Waals surface area contributed by atoms with Gasteiger partial charge in [0.2, 0.25) is 0 Å². The number of aromatic nitrogens is 6. The zero-order chi connectivity index (χ0) is 22.9. The summed E-state index contributed by atoms with van der Waals surface area (Å²) in [6.07, 6.45) is 8.33. The Morgan fingerprint density at radius 1 is 1.12 bits per heavy atom. The number of pyridine rings is 2. The molecule has 1 aliphatic heterocycles. The maximum atomic E-state index is 12.0. The molecule has 1 saturated heterocycles. The number of rotatable bonds is 5. The number of carbonyl (C=O) groups is 1. The van der Waals surface area contributed by atoms with Gasteiger partial charge in [-0.25, -0.2) is 19.9 Å². The second kappa shape index (κ2) is 8.43. The Morgan fingerprint density at radius 3 is 2.70 bits per heavy atom. The Morgan fingerprint density at radius 2 is 1.94 bits per heavy atom. The van der Waals surface area contributed by atoms with Crippen LogP contribution in [0.15, 0.2) is 37.2 Å². The molecule has 1 aliphatic rings. The van der Waals surface area contributed by atoms with Crippen LogP contribution >= 0.6 is 0 Å². The Labute approximate surface area is 189 Å². The maximum absolute atomic E-state index is 12.0. The van der Waals surface area contributed by atoms with Crippen LogP contribution < -0.4 is 16.0 Å². The zero-order valence-electron chi connectivity index (χ0n) is 18.3. The number of primary amides is 1. The highest BCUT2D eigenvalue weighted by molar-refractivity contribution is 5.97. The lowest BCUT2D eigenvalue weighted by atomic mass is 10.2. The minimum atomic E-state index is -0.680. The third kappa shape index (κ3) is 3.94. The molecule has 0 aromatic carbocycles. The number of fused-ring (bicyclic) bond motifs is 1. The molecule has 1 amide bonds. The quantitative estimate of drug-likeness (QED) is 0.471. The van der Waals surface area contributed by atoms with Crippen LogP contribution in [0.4, 0.5) is 17.3 Å². The van der Waals surface area contributed by atoms with E-state index < -0.39 is 5.91 Å². The van der Waals surface area contributed by atoms with Crippen LogP contribution in [0.1, 0.15) is 16.1 Å². The van der Waals surface area contributed by atoms with Crippen LogP contribution in [0.3, 0.4) is 0 Å². The molecule has 33 heavy (non-hydrogen) atoms. The van der Waals surface area contributed by atoms with Gasteiger partial charge < -0.3 is 25.3 Å². The molecular weight excluding hydrogens is 422 g/mol. The SMILES string of the molecule is Cc1cc(Nc2nc(-c3cncc4c3ncn4C)cnc2C(N)=O)cnc1N1CCOCC1. The summed E-state index contributed by atoms with van der Waals surface area (Å²) in [6, 6.07) is 1.96. The molecule has 11 nitrogen and oxygen atoms in total. The fourth-order valence-corrected chi connectivity index (χ4v) is 3.90. The Hall–Kier alpha value is -4.12. The summed E-state index contributed by atoms with van der Waals surface area (Å²) >= 11 is 0. The summed E-state index contributed by atoms with van der Waals surface area (Å²) in [5, 5.41) is 3.16. The lowest BCUT2D eigenvalue weighted by molar-refractivity contribution is 0.0996. The van der Waals surface area contributed by atoms with E-state index in [0.717, 1.165) is 35.5 Å². The van der Waals surface area contributed by atoms with Gasteiger partial charge in [-0.15, -0.1) is 0 Å². The standard InChI is InChI=1S/C22H23N9O2/c1-13-7-14(8-26-22(13)31-3-5-33-6-4-31)28-21-19(20(23)32)25-10-16(29-21)15-9-24-11-17-18(15)27-12-30(17)2/h7-12H,3-6H2,1-2H3,(H2,23,32)(H,28,29). The number of hydrogen-bond donors (Lipinski definition) is 2. The molecule has 0 spiro atoms. The minimum absolute atomic E-state index is 0.0369. The van der Waals surface area contributed by atoms with Gasteiger partial charge in [0.25, 0.3) is 5.91 Å². The summed E-state index contributed by atoms with van der Waals surface area (Å²) in [6.45, 7) is 4.96. The largest absolute Gasteiger partial charge is 0.378 e. The molecule has 0 unspecified atom stereocenters. The molecule has 4 aromatic rings. The zero-order valence-corrected chi connectivity index (χ0v) is 18.3. The summed E-state index contributed by atoms with van der Waals surface area (Å²) < 4.78 is 7.30. The fraction of sp³-hybridized carbons (Fsp3) is 0.273. The number of amides is 1. The first-order chi connectivity index (χ1) is 16.0. The van der Waals surface area contributed by atoms with Crippen molar-refractivity contribution in [2.24, 2.45) is 12.8 Å². The normalized spacial score (nSPS) is 13.9. The number of nitrogens with two attached hydrogens (primary N) is 1. The van der Waals surface area contributed by atoms with E-state index in [-0.39, 0.29) is 11.5 Å². The number of nitrogens with one attached hydrogen (secondary N) is 1. The second-order valence-corrected chi connectivity index (χ2v) is 7.82. The first-order valence-electron chi connectivity index (χ1n) is 10.5. The molecule has 4 aromatic heterocycles. The summed E-state index contributed by atoms with van der Waals surface area (Å²) in [5.74, 6) is 0.473. The molecule has 0 atom stereocenters. The van der Waals surface area contributed by atoms with E-state index >= 15 is 0 Å². The van der Waals surface area contributed by atoms with Crippen molar-refractivity contribution in [2.45, 2.75) is 6.92 Å². The Balaban J connectivity index is 1.51. The molecule has 11 heteroatoms. The smallest absolute Gasteiger partial charge is 0.271 e. The number of carbonyl (C=O) groups excluding carboxylic acids is 1. The average molecular weight is 445 g/mol. The van der Waals surface area contributed by atoms with E-state index in [9.17, 15) is 4.79 Å². The van der Waals surface area contributed by atoms with Crippen molar-refractivity contribution < 1.29 is 9.53 Å². The Kier molecular flexibility index (Phi) is 5.31. The van der Waals surface area contributed by atoms with Gasteiger partial charge in [0.1, 0.15) is 11.3 Å². The number of nitrogens with zero attached hydrogens (tertiary/aromatic N) is 7. The molecule has 0 aliphatic carbocycles.